The molecule has 0 saturated carbocycles. The molecule has 0 aliphatic heterocycles. The van der Waals surface area contributed by atoms with Crippen molar-refractivity contribution in [2.75, 3.05) is 0 Å². The van der Waals surface area contributed by atoms with Crippen molar-refractivity contribution >= 4 is 10.8 Å². The van der Waals surface area contributed by atoms with Crippen LogP contribution in [-0.4, -0.2) is 9.46 Å². The second-order valence-electron chi connectivity index (χ2n) is 7.12. The molecule has 0 heterocycles. The second-order valence-corrected chi connectivity index (χ2v) is 8.64. The van der Waals surface area contributed by atoms with E-state index in [0.717, 1.165) is 5.56 Å². The number of benzene rings is 1. The molecule has 18 heavy (non-hydrogen) atoms. The summed E-state index contributed by atoms with van der Waals surface area (Å²) in [5.41, 5.74) is 1.27. The van der Waals surface area contributed by atoms with Crippen molar-refractivity contribution in [3.63, 3.8) is 0 Å². The maximum absolute atomic E-state index is 12.7. The van der Waals surface area contributed by atoms with Crippen LogP contribution in [0.5, 0.6) is 0 Å². The lowest BCUT2D eigenvalue weighted by atomic mass is 9.77. The van der Waals surface area contributed by atoms with Crippen molar-refractivity contribution in [1.82, 2.24) is 0 Å². The molecule has 0 aliphatic carbocycles. The van der Waals surface area contributed by atoms with Crippen LogP contribution in [0.4, 0.5) is 0 Å². The largest absolute Gasteiger partial charge is 0.259 e. The summed E-state index contributed by atoms with van der Waals surface area (Å²) in [6.45, 7) is 13.1. The summed E-state index contributed by atoms with van der Waals surface area (Å²) in [4.78, 5) is 0. The highest BCUT2D eigenvalue weighted by molar-refractivity contribution is 7.84. The third-order valence-electron chi connectivity index (χ3n) is 2.99. The van der Waals surface area contributed by atoms with E-state index in [1.165, 1.54) is 0 Å². The quantitative estimate of drug-likeness (QED) is 0.792. The van der Waals surface area contributed by atoms with Crippen molar-refractivity contribution in [3.8, 4) is 0 Å². The van der Waals surface area contributed by atoms with Crippen LogP contribution in [-0.2, 0) is 16.6 Å². The third-order valence-corrected chi connectivity index (χ3v) is 5.55. The van der Waals surface area contributed by atoms with Gasteiger partial charge in [0.15, 0.2) is 0 Å². The van der Waals surface area contributed by atoms with Crippen LogP contribution in [0.15, 0.2) is 30.3 Å². The Morgan fingerprint density at radius 3 is 1.78 bits per heavy atom. The maximum Gasteiger partial charge on any atom is 0.0488 e. The number of hydrogen-bond acceptors (Lipinski definition) is 1. The Morgan fingerprint density at radius 2 is 1.39 bits per heavy atom. The van der Waals surface area contributed by atoms with Gasteiger partial charge in [-0.25, -0.2) is 0 Å². The lowest BCUT2D eigenvalue weighted by Crippen LogP contribution is -2.42. The standard InChI is InChI=1S/C16H26OS/c1-15(2,3)14(16(4,5)6)18(17)12-13-10-8-7-9-11-13/h7-11,14H,12H2,1-6H3. The molecule has 1 unspecified atom stereocenters. The Bertz CT molecular complexity index is 381. The lowest BCUT2D eigenvalue weighted by molar-refractivity contribution is 0.244. The first-order valence-electron chi connectivity index (χ1n) is 6.53. The highest BCUT2D eigenvalue weighted by Gasteiger charge is 2.39. The molecular weight excluding hydrogens is 240 g/mol. The predicted octanol–water partition coefficient (Wildman–Crippen LogP) is 4.40. The first kappa shape index (κ1) is 15.4. The Hall–Kier alpha value is -0.630. The molecule has 0 aromatic heterocycles. The van der Waals surface area contributed by atoms with Gasteiger partial charge in [-0.1, -0.05) is 71.9 Å². The van der Waals surface area contributed by atoms with Gasteiger partial charge < -0.3 is 0 Å². The summed E-state index contributed by atoms with van der Waals surface area (Å²) in [5.74, 6) is 0.653. The van der Waals surface area contributed by atoms with Crippen LogP contribution in [0, 0.1) is 10.8 Å². The first-order valence-corrected chi connectivity index (χ1v) is 7.91. The Balaban J connectivity index is 2.92. The molecule has 0 fully saturated rings. The molecule has 1 atom stereocenters. The predicted molar refractivity (Wildman–Crippen MR) is 81.0 cm³/mol. The zero-order valence-corrected chi connectivity index (χ0v) is 13.3. The summed E-state index contributed by atoms with van der Waals surface area (Å²) in [6.07, 6.45) is 0. The van der Waals surface area contributed by atoms with Gasteiger partial charge in [0, 0.05) is 21.8 Å². The zero-order valence-electron chi connectivity index (χ0n) is 12.5. The summed E-state index contributed by atoms with van der Waals surface area (Å²) in [5, 5.41) is 0.185. The monoisotopic (exact) mass is 266 g/mol. The number of rotatable bonds is 3. The van der Waals surface area contributed by atoms with Crippen molar-refractivity contribution < 1.29 is 4.21 Å². The SMILES string of the molecule is CC(C)(C)C(S(=O)Cc1ccccc1)C(C)(C)C. The molecule has 0 bridgehead atoms. The maximum atomic E-state index is 12.7. The Kier molecular flexibility index (Phi) is 4.77. The van der Waals surface area contributed by atoms with Crippen LogP contribution in [0.3, 0.4) is 0 Å². The van der Waals surface area contributed by atoms with Crippen molar-refractivity contribution in [2.24, 2.45) is 10.8 Å². The normalized spacial score (nSPS) is 14.8. The van der Waals surface area contributed by atoms with Crippen molar-refractivity contribution in [1.29, 1.82) is 0 Å². The fourth-order valence-electron chi connectivity index (χ4n) is 2.91. The van der Waals surface area contributed by atoms with E-state index in [2.05, 4.69) is 53.7 Å². The molecule has 0 amide bonds. The average Bonchev–Trinajstić information content (AvgIpc) is 2.13. The zero-order chi connectivity index (χ0) is 14.0. The molecule has 1 nitrogen and oxygen atoms in total. The van der Waals surface area contributed by atoms with E-state index in [0.29, 0.717) is 5.75 Å². The van der Waals surface area contributed by atoms with Gasteiger partial charge in [0.05, 0.1) is 0 Å². The van der Waals surface area contributed by atoms with Gasteiger partial charge in [0.2, 0.25) is 0 Å². The summed E-state index contributed by atoms with van der Waals surface area (Å²) >= 11 is 0. The third kappa shape index (κ3) is 4.24. The van der Waals surface area contributed by atoms with Crippen LogP contribution in [0.1, 0.15) is 47.1 Å². The fourth-order valence-corrected chi connectivity index (χ4v) is 5.17. The van der Waals surface area contributed by atoms with Crippen LogP contribution in [0.25, 0.3) is 0 Å². The summed E-state index contributed by atoms with van der Waals surface area (Å²) in [6, 6.07) is 10.1. The molecule has 1 aromatic rings. The molecule has 0 N–H and O–H groups in total. The summed E-state index contributed by atoms with van der Waals surface area (Å²) < 4.78 is 12.7. The van der Waals surface area contributed by atoms with Crippen molar-refractivity contribution in [2.45, 2.75) is 52.5 Å². The smallest absolute Gasteiger partial charge is 0.0488 e. The van der Waals surface area contributed by atoms with E-state index >= 15 is 0 Å². The second kappa shape index (κ2) is 5.56. The minimum absolute atomic E-state index is 0.0535. The molecule has 1 rings (SSSR count). The van der Waals surface area contributed by atoms with Gasteiger partial charge in [0.25, 0.3) is 0 Å². The Labute approximate surface area is 114 Å². The van der Waals surface area contributed by atoms with Gasteiger partial charge in [0.1, 0.15) is 0 Å². The van der Waals surface area contributed by atoms with Gasteiger partial charge >= 0.3 is 0 Å². The highest BCUT2D eigenvalue weighted by Crippen LogP contribution is 2.38. The fraction of sp³-hybridized carbons (Fsp3) is 0.625. The van der Waals surface area contributed by atoms with E-state index in [1.54, 1.807) is 0 Å². The van der Waals surface area contributed by atoms with E-state index in [9.17, 15) is 4.21 Å². The van der Waals surface area contributed by atoms with Crippen LogP contribution >= 0.6 is 0 Å². The van der Waals surface area contributed by atoms with Crippen molar-refractivity contribution in [3.05, 3.63) is 35.9 Å². The van der Waals surface area contributed by atoms with E-state index in [4.69, 9.17) is 0 Å². The molecule has 2 heteroatoms. The lowest BCUT2D eigenvalue weighted by Gasteiger charge is -2.39. The molecule has 1 aromatic carbocycles. The van der Waals surface area contributed by atoms with E-state index < -0.39 is 10.8 Å². The topological polar surface area (TPSA) is 17.1 Å². The molecule has 0 spiro atoms. The van der Waals surface area contributed by atoms with Crippen LogP contribution < -0.4 is 0 Å². The van der Waals surface area contributed by atoms with Gasteiger partial charge in [-0.05, 0) is 16.4 Å². The van der Waals surface area contributed by atoms with Gasteiger partial charge in [-0.2, -0.15) is 0 Å². The Morgan fingerprint density at radius 1 is 0.944 bits per heavy atom. The summed E-state index contributed by atoms with van der Waals surface area (Å²) in [7, 11) is -0.848. The van der Waals surface area contributed by atoms with E-state index in [-0.39, 0.29) is 16.1 Å². The van der Waals surface area contributed by atoms with E-state index in [1.807, 2.05) is 18.2 Å². The molecule has 0 aliphatic rings. The molecule has 0 saturated heterocycles. The molecular formula is C16H26OS. The number of hydrogen-bond donors (Lipinski definition) is 0. The molecule has 0 radical (unpaired) electrons. The highest BCUT2D eigenvalue weighted by atomic mass is 32.2. The minimum atomic E-state index is -0.848. The van der Waals surface area contributed by atoms with Crippen LogP contribution in [0.2, 0.25) is 0 Å². The average molecular weight is 266 g/mol. The first-order chi connectivity index (χ1) is 8.12. The van der Waals surface area contributed by atoms with Gasteiger partial charge in [-0.3, -0.25) is 4.21 Å². The minimum Gasteiger partial charge on any atom is -0.259 e. The van der Waals surface area contributed by atoms with Gasteiger partial charge in [-0.15, -0.1) is 0 Å². The molecule has 102 valence electrons.